The van der Waals surface area contributed by atoms with E-state index in [-0.39, 0.29) is 0 Å². The van der Waals surface area contributed by atoms with Crippen LogP contribution >= 0.6 is 23.4 Å². The average Bonchev–Trinajstić information content (AvgIpc) is 2.28. The lowest BCUT2D eigenvalue weighted by atomic mass is 10.2. The minimum absolute atomic E-state index is 0.370. The van der Waals surface area contributed by atoms with Crippen molar-refractivity contribution in [2.75, 3.05) is 24.4 Å². The van der Waals surface area contributed by atoms with Gasteiger partial charge < -0.3 is 10.1 Å². The zero-order chi connectivity index (χ0) is 12.7. The second kappa shape index (κ2) is 7.74. The van der Waals surface area contributed by atoms with E-state index < -0.39 is 0 Å². The van der Waals surface area contributed by atoms with Crippen LogP contribution in [0.15, 0.2) is 6.07 Å². The molecule has 1 heterocycles. The Balaban J connectivity index is 2.75. The van der Waals surface area contributed by atoms with Gasteiger partial charge in [0.05, 0.1) is 0 Å². The predicted octanol–water partition coefficient (Wildman–Crippen LogP) is 2.83. The fraction of sp³-hybridized carbons (Fsp3) is 0.636. The summed E-state index contributed by atoms with van der Waals surface area (Å²) in [6.45, 7) is 2.52. The van der Waals surface area contributed by atoms with Crippen molar-refractivity contribution in [3.63, 3.8) is 0 Å². The second-order valence-electron chi connectivity index (χ2n) is 3.63. The number of aromatic nitrogens is 2. The number of anilines is 1. The van der Waals surface area contributed by atoms with Gasteiger partial charge in [0.15, 0.2) is 5.82 Å². The summed E-state index contributed by atoms with van der Waals surface area (Å²) in [5.74, 6) is 2.40. The van der Waals surface area contributed by atoms with Gasteiger partial charge >= 0.3 is 0 Å². The number of methoxy groups -OCH3 is 1. The van der Waals surface area contributed by atoms with Crippen LogP contribution in [0.5, 0.6) is 0 Å². The predicted molar refractivity (Wildman–Crippen MR) is 73.8 cm³/mol. The minimum atomic E-state index is 0.370. The first kappa shape index (κ1) is 14.5. The molecule has 0 aromatic carbocycles. The third-order valence-corrected chi connectivity index (χ3v) is 3.16. The molecule has 0 radical (unpaired) electrons. The van der Waals surface area contributed by atoms with Gasteiger partial charge in [-0.1, -0.05) is 18.5 Å². The molecule has 0 saturated heterocycles. The van der Waals surface area contributed by atoms with Crippen molar-refractivity contribution < 1.29 is 4.74 Å². The molecule has 0 aliphatic carbocycles. The molecule has 1 unspecified atom stereocenters. The van der Waals surface area contributed by atoms with Crippen LogP contribution in [-0.4, -0.2) is 35.1 Å². The van der Waals surface area contributed by atoms with Crippen LogP contribution in [0.3, 0.4) is 0 Å². The molecule has 1 aromatic heterocycles. The Hall–Kier alpha value is -0.520. The Morgan fingerprint density at radius 2 is 2.29 bits per heavy atom. The Bertz CT molecular complexity index is 351. The smallest absolute Gasteiger partial charge is 0.158 e. The third kappa shape index (κ3) is 5.10. The van der Waals surface area contributed by atoms with E-state index in [0.29, 0.717) is 23.6 Å². The lowest BCUT2D eigenvalue weighted by Gasteiger charge is -2.16. The Labute approximate surface area is 112 Å². The first-order valence-electron chi connectivity index (χ1n) is 5.47. The van der Waals surface area contributed by atoms with E-state index >= 15 is 0 Å². The summed E-state index contributed by atoms with van der Waals surface area (Å²) in [6, 6.07) is 2.13. The van der Waals surface area contributed by atoms with Gasteiger partial charge in [0.25, 0.3) is 0 Å². The third-order valence-electron chi connectivity index (χ3n) is 2.23. The van der Waals surface area contributed by atoms with E-state index in [1.165, 1.54) is 0 Å². The molecule has 4 nitrogen and oxygen atoms in total. The van der Waals surface area contributed by atoms with Crippen LogP contribution in [0.25, 0.3) is 0 Å². The van der Waals surface area contributed by atoms with Gasteiger partial charge in [-0.25, -0.2) is 9.97 Å². The van der Waals surface area contributed by atoms with E-state index in [0.717, 1.165) is 18.0 Å². The molecule has 17 heavy (non-hydrogen) atoms. The molecule has 0 aliphatic heterocycles. The molecule has 1 N–H and O–H groups in total. The number of nitrogens with zero attached hydrogens (tertiary/aromatic N) is 2. The summed E-state index contributed by atoms with van der Waals surface area (Å²) in [6.07, 6.45) is 3.13. The molecular formula is C11H18ClN3OS. The van der Waals surface area contributed by atoms with Gasteiger partial charge in [-0.05, 0) is 12.7 Å². The molecule has 96 valence electrons. The highest BCUT2D eigenvalue weighted by Crippen LogP contribution is 2.15. The monoisotopic (exact) mass is 275 g/mol. The molecule has 0 amide bonds. The van der Waals surface area contributed by atoms with Crippen LogP contribution in [0, 0.1) is 0 Å². The van der Waals surface area contributed by atoms with E-state index in [2.05, 4.69) is 28.5 Å². The van der Waals surface area contributed by atoms with E-state index in [1.807, 2.05) is 11.8 Å². The van der Waals surface area contributed by atoms with Gasteiger partial charge in [0.2, 0.25) is 0 Å². The molecule has 0 fully saturated rings. The lowest BCUT2D eigenvalue weighted by molar-refractivity contribution is 0.178. The zero-order valence-electron chi connectivity index (χ0n) is 10.4. The lowest BCUT2D eigenvalue weighted by Crippen LogP contribution is -2.22. The van der Waals surface area contributed by atoms with E-state index in [9.17, 15) is 0 Å². The standard InChI is InChI=1S/C11H18ClN3OS/c1-4-8(7-17-3)13-10-5-9(12)14-11(15-10)6-16-2/h5,8H,4,6-7H2,1-3H3,(H,13,14,15). The SMILES string of the molecule is CCC(CSC)Nc1cc(Cl)nc(COC)n1. The molecule has 0 aliphatic rings. The molecule has 1 atom stereocenters. The second-order valence-corrected chi connectivity index (χ2v) is 4.93. The number of hydrogen-bond donors (Lipinski definition) is 1. The van der Waals surface area contributed by atoms with Gasteiger partial charge in [0.1, 0.15) is 17.6 Å². The molecule has 0 spiro atoms. The first-order valence-corrected chi connectivity index (χ1v) is 7.24. The maximum atomic E-state index is 5.94. The van der Waals surface area contributed by atoms with Crippen molar-refractivity contribution in [3.05, 3.63) is 17.0 Å². The Morgan fingerprint density at radius 1 is 1.53 bits per heavy atom. The van der Waals surface area contributed by atoms with Crippen molar-refractivity contribution in [1.82, 2.24) is 9.97 Å². The highest BCUT2D eigenvalue weighted by molar-refractivity contribution is 7.98. The fourth-order valence-electron chi connectivity index (χ4n) is 1.40. The summed E-state index contributed by atoms with van der Waals surface area (Å²) >= 11 is 7.75. The van der Waals surface area contributed by atoms with Crippen LogP contribution in [0.2, 0.25) is 5.15 Å². The Morgan fingerprint density at radius 3 is 2.88 bits per heavy atom. The number of halogens is 1. The van der Waals surface area contributed by atoms with Crippen molar-refractivity contribution in [2.24, 2.45) is 0 Å². The fourth-order valence-corrected chi connectivity index (χ4v) is 2.33. The van der Waals surface area contributed by atoms with Crippen LogP contribution < -0.4 is 5.32 Å². The van der Waals surface area contributed by atoms with Crippen LogP contribution in [0.4, 0.5) is 5.82 Å². The van der Waals surface area contributed by atoms with Crippen molar-refractivity contribution in [3.8, 4) is 0 Å². The molecule has 0 bridgehead atoms. The highest BCUT2D eigenvalue weighted by atomic mass is 35.5. The largest absolute Gasteiger partial charge is 0.377 e. The highest BCUT2D eigenvalue weighted by Gasteiger charge is 2.08. The van der Waals surface area contributed by atoms with Gasteiger partial charge in [-0.15, -0.1) is 0 Å². The van der Waals surface area contributed by atoms with Crippen LogP contribution in [-0.2, 0) is 11.3 Å². The van der Waals surface area contributed by atoms with Crippen molar-refractivity contribution in [2.45, 2.75) is 26.0 Å². The number of hydrogen-bond acceptors (Lipinski definition) is 5. The van der Waals surface area contributed by atoms with Crippen LogP contribution in [0.1, 0.15) is 19.2 Å². The molecule has 6 heteroatoms. The van der Waals surface area contributed by atoms with E-state index in [1.54, 1.807) is 13.2 Å². The summed E-state index contributed by atoms with van der Waals surface area (Å²) in [5, 5.41) is 3.80. The van der Waals surface area contributed by atoms with Crippen molar-refractivity contribution in [1.29, 1.82) is 0 Å². The summed E-state index contributed by atoms with van der Waals surface area (Å²) in [7, 11) is 1.61. The minimum Gasteiger partial charge on any atom is -0.377 e. The molecule has 0 saturated carbocycles. The van der Waals surface area contributed by atoms with Gasteiger partial charge in [0, 0.05) is 25.0 Å². The number of rotatable bonds is 7. The average molecular weight is 276 g/mol. The topological polar surface area (TPSA) is 47.0 Å². The van der Waals surface area contributed by atoms with Gasteiger partial charge in [-0.3, -0.25) is 0 Å². The maximum Gasteiger partial charge on any atom is 0.158 e. The molecule has 1 rings (SSSR count). The first-order chi connectivity index (χ1) is 8.19. The summed E-state index contributed by atoms with van der Waals surface area (Å²) in [5.41, 5.74) is 0. The number of thioether (sulfide) groups is 1. The molecule has 1 aromatic rings. The van der Waals surface area contributed by atoms with E-state index in [4.69, 9.17) is 16.3 Å². The van der Waals surface area contributed by atoms with Gasteiger partial charge in [-0.2, -0.15) is 11.8 Å². The molecular weight excluding hydrogens is 258 g/mol. The Kier molecular flexibility index (Phi) is 6.62. The summed E-state index contributed by atoms with van der Waals surface area (Å²) in [4.78, 5) is 8.44. The summed E-state index contributed by atoms with van der Waals surface area (Å²) < 4.78 is 5.00. The normalized spacial score (nSPS) is 12.5. The quantitative estimate of drug-likeness (QED) is 0.776. The van der Waals surface area contributed by atoms with Crippen molar-refractivity contribution >= 4 is 29.2 Å². The number of ether oxygens (including phenoxy) is 1. The number of nitrogens with one attached hydrogen (secondary N) is 1. The maximum absolute atomic E-state index is 5.94. The zero-order valence-corrected chi connectivity index (χ0v) is 11.9.